The summed E-state index contributed by atoms with van der Waals surface area (Å²) in [5.74, 6) is -0.319. The van der Waals surface area contributed by atoms with Crippen molar-refractivity contribution in [3.63, 3.8) is 0 Å². The molecule has 2 aromatic carbocycles. The molecule has 2 rings (SSSR count). The second kappa shape index (κ2) is 6.33. The van der Waals surface area contributed by atoms with Crippen LogP contribution in [-0.2, 0) is 0 Å². The minimum absolute atomic E-state index is 0.0811. The maximum absolute atomic E-state index is 14.1. The molecule has 0 aliphatic rings. The van der Waals surface area contributed by atoms with Gasteiger partial charge in [0.25, 0.3) is 0 Å². The third-order valence-corrected chi connectivity index (χ3v) is 3.03. The number of ether oxygens (including phenoxy) is 1. The molecule has 0 heterocycles. The summed E-state index contributed by atoms with van der Waals surface area (Å²) in [6, 6.07) is 11.8. The highest BCUT2D eigenvalue weighted by Crippen LogP contribution is 2.23. The summed E-state index contributed by atoms with van der Waals surface area (Å²) < 4.78 is 19.6. The van der Waals surface area contributed by atoms with Crippen LogP contribution >= 0.6 is 0 Å². The smallest absolute Gasteiger partial charge is 0.199 e. The number of hydrogen-bond acceptors (Lipinski definition) is 2. The standard InChI is InChI=1S/C17H17FO2/c1-3-11-20-15-10-5-4-8-13(15)17(19)14-9-6-7-12(2)16(14)18/h4-10H,3,11H2,1-2H3. The average molecular weight is 272 g/mol. The van der Waals surface area contributed by atoms with Gasteiger partial charge in [-0.1, -0.05) is 31.2 Å². The fourth-order valence-electron chi connectivity index (χ4n) is 1.96. The molecule has 0 unspecified atom stereocenters. The number of halogens is 1. The third kappa shape index (κ3) is 2.87. The van der Waals surface area contributed by atoms with Crippen LogP contribution < -0.4 is 4.74 Å². The lowest BCUT2D eigenvalue weighted by molar-refractivity contribution is 0.103. The summed E-state index contributed by atoms with van der Waals surface area (Å²) in [5.41, 5.74) is 0.936. The predicted molar refractivity (Wildman–Crippen MR) is 76.8 cm³/mol. The van der Waals surface area contributed by atoms with Crippen LogP contribution in [0.1, 0.15) is 34.8 Å². The second-order valence-electron chi connectivity index (χ2n) is 4.61. The molecular weight excluding hydrogens is 255 g/mol. The maximum atomic E-state index is 14.1. The van der Waals surface area contributed by atoms with Crippen LogP contribution in [0.25, 0.3) is 0 Å². The number of carbonyl (C=O) groups is 1. The van der Waals surface area contributed by atoms with Crippen molar-refractivity contribution >= 4 is 5.78 Å². The molecule has 0 spiro atoms. The molecule has 20 heavy (non-hydrogen) atoms. The summed E-state index contributed by atoms with van der Waals surface area (Å²) >= 11 is 0. The van der Waals surface area contributed by atoms with Gasteiger partial charge in [-0.25, -0.2) is 4.39 Å². The molecule has 104 valence electrons. The van der Waals surface area contributed by atoms with Crippen LogP contribution in [0.4, 0.5) is 4.39 Å². The van der Waals surface area contributed by atoms with Crippen molar-refractivity contribution < 1.29 is 13.9 Å². The fraction of sp³-hybridized carbons (Fsp3) is 0.235. The fourth-order valence-corrected chi connectivity index (χ4v) is 1.96. The molecule has 0 aliphatic carbocycles. The molecule has 0 aromatic heterocycles. The van der Waals surface area contributed by atoms with E-state index in [0.717, 1.165) is 6.42 Å². The van der Waals surface area contributed by atoms with Crippen molar-refractivity contribution in [2.45, 2.75) is 20.3 Å². The topological polar surface area (TPSA) is 26.3 Å². The highest BCUT2D eigenvalue weighted by molar-refractivity contribution is 6.11. The van der Waals surface area contributed by atoms with E-state index in [9.17, 15) is 9.18 Å². The Bertz CT molecular complexity index is 620. The molecule has 0 fully saturated rings. The Morgan fingerprint density at radius 3 is 2.55 bits per heavy atom. The number of carbonyl (C=O) groups excluding carboxylic acids is 1. The predicted octanol–water partition coefficient (Wildman–Crippen LogP) is 4.15. The summed E-state index contributed by atoms with van der Waals surface area (Å²) in [5, 5.41) is 0. The van der Waals surface area contributed by atoms with E-state index in [1.807, 2.05) is 6.92 Å². The largest absolute Gasteiger partial charge is 0.493 e. The Hall–Kier alpha value is -2.16. The molecule has 0 aliphatic heterocycles. The molecule has 3 heteroatoms. The lowest BCUT2D eigenvalue weighted by atomic mass is 10.00. The number of para-hydroxylation sites is 1. The van der Waals surface area contributed by atoms with Crippen molar-refractivity contribution in [3.05, 3.63) is 65.0 Å². The molecule has 0 saturated heterocycles. The van der Waals surface area contributed by atoms with Crippen LogP contribution in [0.2, 0.25) is 0 Å². The first-order valence-corrected chi connectivity index (χ1v) is 6.66. The lowest BCUT2D eigenvalue weighted by Gasteiger charge is -2.11. The van der Waals surface area contributed by atoms with Gasteiger partial charge in [0.2, 0.25) is 0 Å². The van der Waals surface area contributed by atoms with Crippen molar-refractivity contribution in [3.8, 4) is 5.75 Å². The summed E-state index contributed by atoms with van der Waals surface area (Å²) in [6.07, 6.45) is 0.849. The Morgan fingerprint density at radius 1 is 1.10 bits per heavy atom. The molecule has 2 nitrogen and oxygen atoms in total. The average Bonchev–Trinajstić information content (AvgIpc) is 2.47. The molecule has 0 atom stereocenters. The first-order valence-electron chi connectivity index (χ1n) is 6.66. The molecule has 0 bridgehead atoms. The molecule has 0 radical (unpaired) electrons. The zero-order valence-electron chi connectivity index (χ0n) is 11.7. The SMILES string of the molecule is CCCOc1ccccc1C(=O)c1cccc(C)c1F. The van der Waals surface area contributed by atoms with Gasteiger partial charge < -0.3 is 4.74 Å². The van der Waals surface area contributed by atoms with E-state index in [0.29, 0.717) is 23.5 Å². The number of benzene rings is 2. The minimum Gasteiger partial charge on any atom is -0.493 e. The van der Waals surface area contributed by atoms with E-state index in [-0.39, 0.29) is 11.3 Å². The van der Waals surface area contributed by atoms with Gasteiger partial charge >= 0.3 is 0 Å². The highest BCUT2D eigenvalue weighted by atomic mass is 19.1. The van der Waals surface area contributed by atoms with Gasteiger partial charge in [0.1, 0.15) is 11.6 Å². The number of ketones is 1. The molecular formula is C17H17FO2. The molecule has 2 aromatic rings. The minimum atomic E-state index is -0.470. The highest BCUT2D eigenvalue weighted by Gasteiger charge is 2.18. The van der Waals surface area contributed by atoms with Crippen molar-refractivity contribution in [2.75, 3.05) is 6.61 Å². The summed E-state index contributed by atoms with van der Waals surface area (Å²) in [7, 11) is 0. The van der Waals surface area contributed by atoms with Gasteiger partial charge in [-0.3, -0.25) is 4.79 Å². The van der Waals surface area contributed by atoms with Crippen LogP contribution in [0.3, 0.4) is 0 Å². The lowest BCUT2D eigenvalue weighted by Crippen LogP contribution is -2.08. The molecule has 0 amide bonds. The van der Waals surface area contributed by atoms with Crippen LogP contribution in [-0.4, -0.2) is 12.4 Å². The zero-order chi connectivity index (χ0) is 14.5. The first-order chi connectivity index (χ1) is 9.65. The van der Waals surface area contributed by atoms with Crippen molar-refractivity contribution in [1.82, 2.24) is 0 Å². The van der Waals surface area contributed by atoms with E-state index in [1.54, 1.807) is 43.3 Å². The monoisotopic (exact) mass is 272 g/mol. The van der Waals surface area contributed by atoms with Gasteiger partial charge in [0, 0.05) is 0 Å². The van der Waals surface area contributed by atoms with Gasteiger partial charge in [0.15, 0.2) is 5.78 Å². The Kier molecular flexibility index (Phi) is 4.51. The number of aryl methyl sites for hydroxylation is 1. The van der Waals surface area contributed by atoms with Crippen LogP contribution in [0.15, 0.2) is 42.5 Å². The van der Waals surface area contributed by atoms with Crippen molar-refractivity contribution in [1.29, 1.82) is 0 Å². The molecule has 0 saturated carbocycles. The van der Waals surface area contributed by atoms with Gasteiger partial charge in [-0.05, 0) is 37.1 Å². The van der Waals surface area contributed by atoms with E-state index < -0.39 is 5.82 Å². The summed E-state index contributed by atoms with van der Waals surface area (Å²) in [6.45, 7) is 4.16. The molecule has 0 N–H and O–H groups in total. The van der Waals surface area contributed by atoms with Crippen molar-refractivity contribution in [2.24, 2.45) is 0 Å². The maximum Gasteiger partial charge on any atom is 0.199 e. The third-order valence-electron chi connectivity index (χ3n) is 3.03. The Morgan fingerprint density at radius 2 is 1.80 bits per heavy atom. The van der Waals surface area contributed by atoms with Gasteiger partial charge in [-0.2, -0.15) is 0 Å². The van der Waals surface area contributed by atoms with Crippen LogP contribution in [0.5, 0.6) is 5.75 Å². The summed E-state index contributed by atoms with van der Waals surface area (Å²) in [4.78, 5) is 12.5. The van der Waals surface area contributed by atoms with E-state index >= 15 is 0 Å². The van der Waals surface area contributed by atoms with E-state index in [1.165, 1.54) is 6.07 Å². The normalized spacial score (nSPS) is 10.3. The number of rotatable bonds is 5. The van der Waals surface area contributed by atoms with E-state index in [2.05, 4.69) is 0 Å². The first kappa shape index (κ1) is 14.3. The van der Waals surface area contributed by atoms with Gasteiger partial charge in [-0.15, -0.1) is 0 Å². The Labute approximate surface area is 118 Å². The second-order valence-corrected chi connectivity index (χ2v) is 4.61. The van der Waals surface area contributed by atoms with Gasteiger partial charge in [0.05, 0.1) is 17.7 Å². The van der Waals surface area contributed by atoms with Crippen LogP contribution in [0, 0.1) is 12.7 Å². The quantitative estimate of drug-likeness (QED) is 0.764. The Balaban J connectivity index is 2.40. The number of hydrogen-bond donors (Lipinski definition) is 0. The zero-order valence-corrected chi connectivity index (χ0v) is 11.7. The van der Waals surface area contributed by atoms with E-state index in [4.69, 9.17) is 4.74 Å².